The molecule has 5 heteroatoms. The maximum atomic E-state index is 4.65. The Morgan fingerprint density at radius 1 is 1.44 bits per heavy atom. The van der Waals surface area contributed by atoms with E-state index in [0.29, 0.717) is 6.04 Å². The number of aromatic nitrogens is 2. The van der Waals surface area contributed by atoms with E-state index in [-0.39, 0.29) is 0 Å². The van der Waals surface area contributed by atoms with Crippen LogP contribution in [-0.2, 0) is 0 Å². The Labute approximate surface area is 109 Å². The van der Waals surface area contributed by atoms with Crippen LogP contribution < -0.4 is 15.1 Å². The van der Waals surface area contributed by atoms with E-state index in [4.69, 9.17) is 0 Å². The van der Waals surface area contributed by atoms with Crippen LogP contribution >= 0.6 is 0 Å². The lowest BCUT2D eigenvalue weighted by molar-refractivity contribution is 0.617. The number of rotatable bonds is 5. The molecule has 1 N–H and O–H groups in total. The molecule has 1 aliphatic heterocycles. The predicted octanol–water partition coefficient (Wildman–Crippen LogP) is 1.12. The zero-order chi connectivity index (χ0) is 13.0. The van der Waals surface area contributed by atoms with Crippen LogP contribution in [0.4, 0.5) is 11.8 Å². The Kier molecular flexibility index (Phi) is 4.36. The van der Waals surface area contributed by atoms with Gasteiger partial charge in [-0.05, 0) is 25.5 Å². The van der Waals surface area contributed by atoms with Crippen LogP contribution in [0, 0.1) is 0 Å². The molecule has 1 unspecified atom stereocenters. The topological polar surface area (TPSA) is 44.3 Å². The number of hydrogen-bond acceptors (Lipinski definition) is 5. The van der Waals surface area contributed by atoms with Crippen molar-refractivity contribution in [2.45, 2.75) is 25.8 Å². The zero-order valence-electron chi connectivity index (χ0n) is 11.6. The van der Waals surface area contributed by atoms with Crippen molar-refractivity contribution >= 4 is 11.8 Å². The molecule has 0 amide bonds. The molecule has 0 radical (unpaired) electrons. The maximum absolute atomic E-state index is 4.65. The van der Waals surface area contributed by atoms with Crippen LogP contribution in [0.15, 0.2) is 12.3 Å². The van der Waals surface area contributed by atoms with E-state index in [1.165, 1.54) is 6.42 Å². The lowest BCUT2D eigenvalue weighted by Crippen LogP contribution is -2.38. The van der Waals surface area contributed by atoms with Crippen LogP contribution in [0.3, 0.4) is 0 Å². The molecule has 1 aromatic rings. The number of anilines is 2. The van der Waals surface area contributed by atoms with Crippen molar-refractivity contribution in [3.8, 4) is 0 Å². The molecule has 100 valence electrons. The molecule has 2 heterocycles. The van der Waals surface area contributed by atoms with Gasteiger partial charge in [0.15, 0.2) is 0 Å². The third kappa shape index (κ3) is 2.90. The van der Waals surface area contributed by atoms with Crippen molar-refractivity contribution in [2.24, 2.45) is 0 Å². The van der Waals surface area contributed by atoms with E-state index >= 15 is 0 Å². The summed E-state index contributed by atoms with van der Waals surface area (Å²) in [5, 5.41) is 3.42. The van der Waals surface area contributed by atoms with Crippen molar-refractivity contribution in [3.05, 3.63) is 12.3 Å². The molecule has 1 atom stereocenters. The van der Waals surface area contributed by atoms with Crippen LogP contribution in [0.2, 0.25) is 0 Å². The molecule has 0 bridgehead atoms. The van der Waals surface area contributed by atoms with Gasteiger partial charge in [-0.1, -0.05) is 6.92 Å². The highest BCUT2D eigenvalue weighted by Gasteiger charge is 2.23. The number of hydrogen-bond donors (Lipinski definition) is 1. The summed E-state index contributed by atoms with van der Waals surface area (Å²) < 4.78 is 0. The van der Waals surface area contributed by atoms with Gasteiger partial charge in [0, 0.05) is 39.4 Å². The molecule has 1 aliphatic rings. The average Bonchev–Trinajstić information content (AvgIpc) is 2.89. The molecule has 18 heavy (non-hydrogen) atoms. The molecule has 0 aliphatic carbocycles. The first-order valence-corrected chi connectivity index (χ1v) is 6.70. The van der Waals surface area contributed by atoms with Crippen molar-refractivity contribution < 1.29 is 0 Å². The van der Waals surface area contributed by atoms with Crippen molar-refractivity contribution in [3.63, 3.8) is 0 Å². The number of nitrogens with zero attached hydrogens (tertiary/aromatic N) is 4. The lowest BCUT2D eigenvalue weighted by atomic mass is 10.2. The van der Waals surface area contributed by atoms with Gasteiger partial charge in [-0.3, -0.25) is 0 Å². The van der Waals surface area contributed by atoms with Gasteiger partial charge in [0.05, 0.1) is 0 Å². The Balaban J connectivity index is 2.21. The smallest absolute Gasteiger partial charge is 0.226 e. The Hall–Kier alpha value is -1.36. The number of nitrogens with one attached hydrogen (secondary N) is 1. The minimum absolute atomic E-state index is 0.565. The molecule has 0 aromatic carbocycles. The third-order valence-corrected chi connectivity index (χ3v) is 3.26. The minimum Gasteiger partial charge on any atom is -0.352 e. The fourth-order valence-electron chi connectivity index (χ4n) is 2.35. The summed E-state index contributed by atoms with van der Waals surface area (Å²) in [5.74, 6) is 1.82. The van der Waals surface area contributed by atoms with Crippen LogP contribution in [0.25, 0.3) is 0 Å². The Bertz CT molecular complexity index is 373. The molecule has 0 spiro atoms. The fraction of sp³-hybridized carbons (Fsp3) is 0.692. The van der Waals surface area contributed by atoms with Gasteiger partial charge in [-0.25, -0.2) is 4.98 Å². The van der Waals surface area contributed by atoms with E-state index in [1.807, 2.05) is 31.3 Å². The van der Waals surface area contributed by atoms with E-state index in [2.05, 4.69) is 27.1 Å². The minimum atomic E-state index is 0.565. The fourth-order valence-corrected chi connectivity index (χ4v) is 2.35. The maximum Gasteiger partial charge on any atom is 0.226 e. The molecule has 1 aromatic heterocycles. The van der Waals surface area contributed by atoms with Crippen LogP contribution in [-0.4, -0.2) is 49.7 Å². The molecule has 5 nitrogen and oxygen atoms in total. The highest BCUT2D eigenvalue weighted by molar-refractivity contribution is 5.44. The summed E-state index contributed by atoms with van der Waals surface area (Å²) in [5.41, 5.74) is 0. The summed E-state index contributed by atoms with van der Waals surface area (Å²) in [7, 11) is 3.95. The van der Waals surface area contributed by atoms with E-state index in [1.54, 1.807) is 0 Å². The van der Waals surface area contributed by atoms with E-state index in [9.17, 15) is 0 Å². The highest BCUT2D eigenvalue weighted by Crippen LogP contribution is 2.19. The third-order valence-electron chi connectivity index (χ3n) is 3.26. The Morgan fingerprint density at radius 2 is 2.28 bits per heavy atom. The normalized spacial score (nSPS) is 18.9. The van der Waals surface area contributed by atoms with Gasteiger partial charge < -0.3 is 15.1 Å². The average molecular weight is 249 g/mol. The molecular formula is C13H23N5. The standard InChI is InChI=1S/C13H23N5/c1-4-9-18(11-5-7-14-10-11)12-6-8-15-13(16-12)17(2)3/h6,8,11,14H,4-5,7,9-10H2,1-3H3. The molecule has 1 saturated heterocycles. The molecule has 1 fully saturated rings. The monoisotopic (exact) mass is 249 g/mol. The second-order valence-corrected chi connectivity index (χ2v) is 4.95. The molecule has 0 saturated carbocycles. The van der Waals surface area contributed by atoms with Crippen molar-refractivity contribution in [1.82, 2.24) is 15.3 Å². The second kappa shape index (κ2) is 6.00. The zero-order valence-corrected chi connectivity index (χ0v) is 11.6. The first-order chi connectivity index (χ1) is 8.72. The van der Waals surface area contributed by atoms with Gasteiger partial charge in [0.25, 0.3) is 0 Å². The van der Waals surface area contributed by atoms with Crippen molar-refractivity contribution in [2.75, 3.05) is 43.5 Å². The van der Waals surface area contributed by atoms with Crippen LogP contribution in [0.5, 0.6) is 0 Å². The van der Waals surface area contributed by atoms with Gasteiger partial charge in [-0.2, -0.15) is 4.98 Å². The predicted molar refractivity (Wildman–Crippen MR) is 75.3 cm³/mol. The lowest BCUT2D eigenvalue weighted by Gasteiger charge is -2.29. The summed E-state index contributed by atoms with van der Waals surface area (Å²) in [6, 6.07) is 2.58. The SMILES string of the molecule is CCCN(c1ccnc(N(C)C)n1)C1CCNC1. The largest absolute Gasteiger partial charge is 0.352 e. The first-order valence-electron chi connectivity index (χ1n) is 6.70. The Morgan fingerprint density at radius 3 is 2.89 bits per heavy atom. The highest BCUT2D eigenvalue weighted by atomic mass is 15.3. The second-order valence-electron chi connectivity index (χ2n) is 4.95. The van der Waals surface area contributed by atoms with E-state index in [0.717, 1.165) is 37.8 Å². The molecular weight excluding hydrogens is 226 g/mol. The first kappa shape index (κ1) is 13.1. The van der Waals surface area contributed by atoms with Crippen LogP contribution in [0.1, 0.15) is 19.8 Å². The summed E-state index contributed by atoms with van der Waals surface area (Å²) in [4.78, 5) is 13.3. The van der Waals surface area contributed by atoms with E-state index < -0.39 is 0 Å². The van der Waals surface area contributed by atoms with Gasteiger partial charge in [0.2, 0.25) is 5.95 Å². The summed E-state index contributed by atoms with van der Waals surface area (Å²) in [6.45, 7) is 5.43. The van der Waals surface area contributed by atoms with Crippen molar-refractivity contribution in [1.29, 1.82) is 0 Å². The molecule has 2 rings (SSSR count). The quantitative estimate of drug-likeness (QED) is 0.847. The summed E-state index contributed by atoms with van der Waals surface area (Å²) >= 11 is 0. The summed E-state index contributed by atoms with van der Waals surface area (Å²) in [6.07, 6.45) is 4.18. The van der Waals surface area contributed by atoms with Gasteiger partial charge >= 0.3 is 0 Å². The van der Waals surface area contributed by atoms with Gasteiger partial charge in [-0.15, -0.1) is 0 Å². The van der Waals surface area contributed by atoms with Gasteiger partial charge in [0.1, 0.15) is 5.82 Å².